The second-order valence-electron chi connectivity index (χ2n) is 9.73. The number of Topliss-reactive ketones (excluding diaryl/α,β-unsaturated/α-hetero) is 1. The second-order valence-corrected chi connectivity index (χ2v) is 9.73. The highest BCUT2D eigenvalue weighted by atomic mass is 16.5. The Hall–Kier alpha value is -3.06. The number of carbonyl (C=O) groups is 2. The van der Waals surface area contributed by atoms with E-state index in [9.17, 15) is 9.59 Å². The number of benzene rings is 2. The second kappa shape index (κ2) is 10.3. The fourth-order valence-corrected chi connectivity index (χ4v) is 4.78. The average molecular weight is 482 g/mol. The summed E-state index contributed by atoms with van der Waals surface area (Å²) < 4.78 is 23.9. The quantitative estimate of drug-likeness (QED) is 0.556. The highest BCUT2D eigenvalue weighted by molar-refractivity contribution is 5.95. The zero-order valence-corrected chi connectivity index (χ0v) is 21.2. The van der Waals surface area contributed by atoms with Gasteiger partial charge in [-0.25, -0.2) is 0 Å². The molecule has 7 nitrogen and oxygen atoms in total. The van der Waals surface area contributed by atoms with Gasteiger partial charge in [0.15, 0.2) is 17.3 Å². The van der Waals surface area contributed by atoms with Crippen LogP contribution in [0.5, 0.6) is 17.2 Å². The lowest BCUT2D eigenvalue weighted by atomic mass is 9.81. The molecule has 2 atom stereocenters. The van der Waals surface area contributed by atoms with Crippen molar-refractivity contribution < 1.29 is 28.5 Å². The van der Waals surface area contributed by atoms with Crippen molar-refractivity contribution in [1.29, 1.82) is 0 Å². The Kier molecular flexibility index (Phi) is 7.36. The molecule has 0 aromatic heterocycles. The van der Waals surface area contributed by atoms with Gasteiger partial charge >= 0.3 is 0 Å². The Balaban J connectivity index is 1.47. The fraction of sp³-hybridized carbons (Fsp3) is 0.500. The first-order valence-electron chi connectivity index (χ1n) is 12.3. The topological polar surface area (TPSA) is 74.3 Å². The number of piperidine rings is 1. The summed E-state index contributed by atoms with van der Waals surface area (Å²) in [6.45, 7) is 8.38. The van der Waals surface area contributed by atoms with E-state index in [-0.39, 0.29) is 23.9 Å². The van der Waals surface area contributed by atoms with Crippen molar-refractivity contribution in [2.45, 2.75) is 70.9 Å². The maximum Gasteiger partial charge on any atom is 0.253 e. The van der Waals surface area contributed by atoms with Crippen LogP contribution in [0.4, 0.5) is 0 Å². The van der Waals surface area contributed by atoms with E-state index in [4.69, 9.17) is 18.9 Å². The van der Waals surface area contributed by atoms with E-state index in [2.05, 4.69) is 0 Å². The van der Waals surface area contributed by atoms with E-state index in [0.717, 1.165) is 11.3 Å². The highest BCUT2D eigenvalue weighted by Gasteiger charge is 2.45. The van der Waals surface area contributed by atoms with Gasteiger partial charge in [-0.15, -0.1) is 0 Å². The van der Waals surface area contributed by atoms with Crippen molar-refractivity contribution in [2.24, 2.45) is 0 Å². The third kappa shape index (κ3) is 5.45. The number of ketones is 1. The van der Waals surface area contributed by atoms with Crippen LogP contribution >= 0.6 is 0 Å². The third-order valence-corrected chi connectivity index (χ3v) is 6.83. The molecule has 0 aliphatic carbocycles. The summed E-state index contributed by atoms with van der Waals surface area (Å²) in [5, 5.41) is 0. The summed E-state index contributed by atoms with van der Waals surface area (Å²) in [5.41, 5.74) is 1.11. The average Bonchev–Trinajstić information content (AvgIpc) is 2.84. The maximum absolute atomic E-state index is 13.3. The van der Waals surface area contributed by atoms with Crippen LogP contribution in [-0.2, 0) is 9.53 Å². The number of ether oxygens (including phenoxy) is 4. The van der Waals surface area contributed by atoms with Crippen molar-refractivity contribution in [3.63, 3.8) is 0 Å². The van der Waals surface area contributed by atoms with Gasteiger partial charge in [-0.1, -0.05) is 18.2 Å². The largest absolute Gasteiger partial charge is 0.493 e. The van der Waals surface area contributed by atoms with Crippen molar-refractivity contribution >= 4 is 11.7 Å². The molecule has 0 bridgehead atoms. The van der Waals surface area contributed by atoms with Gasteiger partial charge in [0.2, 0.25) is 0 Å². The van der Waals surface area contributed by atoms with Gasteiger partial charge in [-0.05, 0) is 52.0 Å². The number of para-hydroxylation sites is 1. The van der Waals surface area contributed by atoms with Crippen LogP contribution in [0, 0.1) is 0 Å². The molecule has 2 aliphatic heterocycles. The predicted octanol–water partition coefficient (Wildman–Crippen LogP) is 4.98. The molecule has 2 heterocycles. The molecule has 35 heavy (non-hydrogen) atoms. The Bertz CT molecular complexity index is 1070. The minimum atomic E-state index is -0.484. The number of carbonyl (C=O) groups excluding carboxylic acids is 2. The molecule has 1 unspecified atom stereocenters. The summed E-state index contributed by atoms with van der Waals surface area (Å²) in [6.07, 6.45) is 1.33. The molecule has 2 aromatic rings. The van der Waals surface area contributed by atoms with E-state index < -0.39 is 11.7 Å². The van der Waals surface area contributed by atoms with Gasteiger partial charge in [0, 0.05) is 43.5 Å². The van der Waals surface area contributed by atoms with Gasteiger partial charge in [0.05, 0.1) is 19.3 Å². The van der Waals surface area contributed by atoms with Crippen LogP contribution in [0.15, 0.2) is 42.5 Å². The highest BCUT2D eigenvalue weighted by Crippen LogP contribution is 2.46. The van der Waals surface area contributed by atoms with Crippen LogP contribution in [0.2, 0.25) is 0 Å². The van der Waals surface area contributed by atoms with E-state index >= 15 is 0 Å². The summed E-state index contributed by atoms with van der Waals surface area (Å²) in [6, 6.07) is 13.2. The van der Waals surface area contributed by atoms with Crippen molar-refractivity contribution in [3.05, 3.63) is 53.6 Å². The van der Waals surface area contributed by atoms with Gasteiger partial charge in [0.25, 0.3) is 5.91 Å². The lowest BCUT2D eigenvalue weighted by Gasteiger charge is -2.47. The molecular weight excluding hydrogens is 446 g/mol. The van der Waals surface area contributed by atoms with E-state index in [1.807, 2.05) is 43.0 Å². The zero-order valence-electron chi connectivity index (χ0n) is 21.2. The summed E-state index contributed by atoms with van der Waals surface area (Å²) >= 11 is 0. The first kappa shape index (κ1) is 25.0. The molecule has 0 saturated carbocycles. The summed E-state index contributed by atoms with van der Waals surface area (Å²) in [4.78, 5) is 27.0. The molecule has 1 amide bonds. The van der Waals surface area contributed by atoms with Crippen molar-refractivity contribution in [1.82, 2.24) is 4.90 Å². The minimum absolute atomic E-state index is 0.00341. The van der Waals surface area contributed by atoms with Gasteiger partial charge in [0.1, 0.15) is 17.5 Å². The van der Waals surface area contributed by atoms with Gasteiger partial charge in [-0.3, -0.25) is 9.59 Å². The number of rotatable bonds is 7. The Morgan fingerprint density at radius 1 is 1.06 bits per heavy atom. The molecule has 1 fully saturated rings. The molecule has 2 aromatic carbocycles. The molecule has 0 N–H and O–H groups in total. The van der Waals surface area contributed by atoms with Crippen LogP contribution in [0.25, 0.3) is 0 Å². The Morgan fingerprint density at radius 2 is 1.77 bits per heavy atom. The number of amides is 1. The lowest BCUT2D eigenvalue weighted by molar-refractivity contribution is -0.137. The third-order valence-electron chi connectivity index (χ3n) is 6.83. The SMILES string of the molecule is COc1cc(C(=O)N2CCC3(CC2)CC(O[C@@H](C)C(C)=O)c2ccccc2O3)ccc1OC(C)C. The van der Waals surface area contributed by atoms with Crippen LogP contribution in [-0.4, -0.2) is 54.6 Å². The zero-order chi connectivity index (χ0) is 25.2. The molecule has 1 spiro atoms. The fourth-order valence-electron chi connectivity index (χ4n) is 4.78. The van der Waals surface area contributed by atoms with Crippen molar-refractivity contribution in [3.8, 4) is 17.2 Å². The van der Waals surface area contributed by atoms with E-state index in [1.165, 1.54) is 0 Å². The number of hydrogen-bond donors (Lipinski definition) is 0. The molecule has 4 rings (SSSR count). The summed E-state index contributed by atoms with van der Waals surface area (Å²) in [5.74, 6) is 1.93. The molecule has 188 valence electrons. The first-order valence-corrected chi connectivity index (χ1v) is 12.3. The van der Waals surface area contributed by atoms with Gasteiger partial charge in [-0.2, -0.15) is 0 Å². The van der Waals surface area contributed by atoms with Crippen LogP contribution in [0.3, 0.4) is 0 Å². The molecular formula is C28H35NO6. The molecule has 0 radical (unpaired) electrons. The summed E-state index contributed by atoms with van der Waals surface area (Å²) in [7, 11) is 1.57. The number of fused-ring (bicyclic) bond motifs is 1. The minimum Gasteiger partial charge on any atom is -0.493 e. The van der Waals surface area contributed by atoms with Crippen LogP contribution in [0.1, 0.15) is 69.0 Å². The first-order chi connectivity index (χ1) is 16.7. The van der Waals surface area contributed by atoms with E-state index in [1.54, 1.807) is 39.2 Å². The number of methoxy groups -OCH3 is 1. The standard InChI is InChI=1S/C28H35NO6/c1-18(2)33-24-11-10-21(16-25(24)32-5)27(31)29-14-12-28(13-15-29)17-26(34-20(4)19(3)30)22-8-6-7-9-23(22)35-28/h6-11,16,18,20,26H,12-15,17H2,1-5H3/t20-,26?/m0/s1. The molecule has 7 heteroatoms. The predicted molar refractivity (Wildman–Crippen MR) is 132 cm³/mol. The molecule has 2 aliphatic rings. The van der Waals surface area contributed by atoms with Crippen molar-refractivity contribution in [2.75, 3.05) is 20.2 Å². The number of likely N-dealkylation sites (tertiary alicyclic amines) is 1. The van der Waals surface area contributed by atoms with E-state index in [0.29, 0.717) is 49.4 Å². The monoisotopic (exact) mass is 481 g/mol. The van der Waals surface area contributed by atoms with Gasteiger partial charge < -0.3 is 23.8 Å². The smallest absolute Gasteiger partial charge is 0.253 e. The normalized spacial score (nSPS) is 19.6. The van der Waals surface area contributed by atoms with Crippen LogP contribution < -0.4 is 14.2 Å². The maximum atomic E-state index is 13.3. The lowest BCUT2D eigenvalue weighted by Crippen LogP contribution is -2.52. The molecule has 1 saturated heterocycles. The Labute approximate surface area is 207 Å². The number of nitrogens with zero attached hydrogens (tertiary/aromatic N) is 1. The number of hydrogen-bond acceptors (Lipinski definition) is 6. The Morgan fingerprint density at radius 3 is 2.43 bits per heavy atom.